The summed E-state index contributed by atoms with van der Waals surface area (Å²) in [5.74, 6) is 1.87. The van der Waals surface area contributed by atoms with Crippen LogP contribution < -0.4 is 10.1 Å². The minimum absolute atomic E-state index is 0.164. The van der Waals surface area contributed by atoms with Gasteiger partial charge in [0.2, 0.25) is 0 Å². The van der Waals surface area contributed by atoms with Gasteiger partial charge in [0.1, 0.15) is 11.5 Å². The summed E-state index contributed by atoms with van der Waals surface area (Å²) < 4.78 is 11.3. The van der Waals surface area contributed by atoms with Gasteiger partial charge in [-0.15, -0.1) is 0 Å². The average Bonchev–Trinajstić information content (AvgIpc) is 2.98. The smallest absolute Gasteiger partial charge is 0.142 e. The Morgan fingerprint density at radius 1 is 1.25 bits per heavy atom. The van der Waals surface area contributed by atoms with Crippen LogP contribution in [-0.2, 0) is 0 Å². The fourth-order valence-electron chi connectivity index (χ4n) is 2.13. The number of anilines is 1. The number of hydrogen-bond donors (Lipinski definition) is 1. The van der Waals surface area contributed by atoms with E-state index in [1.54, 1.807) is 6.26 Å². The quantitative estimate of drug-likeness (QED) is 0.776. The lowest BCUT2D eigenvalue weighted by atomic mass is 10.1. The van der Waals surface area contributed by atoms with Gasteiger partial charge < -0.3 is 14.5 Å². The third-order valence-corrected chi connectivity index (χ3v) is 3.22. The van der Waals surface area contributed by atoms with Gasteiger partial charge in [0.25, 0.3) is 0 Å². The molecule has 0 amide bonds. The van der Waals surface area contributed by atoms with E-state index in [1.165, 1.54) is 5.56 Å². The van der Waals surface area contributed by atoms with Crippen molar-refractivity contribution in [3.05, 3.63) is 47.9 Å². The zero-order chi connectivity index (χ0) is 14.4. The first-order valence-corrected chi connectivity index (χ1v) is 7.28. The van der Waals surface area contributed by atoms with Crippen molar-refractivity contribution in [2.75, 3.05) is 11.9 Å². The molecule has 1 aromatic carbocycles. The van der Waals surface area contributed by atoms with Crippen LogP contribution >= 0.6 is 0 Å². The van der Waals surface area contributed by atoms with Crippen molar-refractivity contribution in [1.82, 2.24) is 0 Å². The summed E-state index contributed by atoms with van der Waals surface area (Å²) in [6.07, 6.45) is 3.67. The molecule has 108 valence electrons. The molecule has 2 aromatic rings. The predicted molar refractivity (Wildman–Crippen MR) is 82.3 cm³/mol. The summed E-state index contributed by atoms with van der Waals surface area (Å²) in [5, 5.41) is 3.52. The summed E-state index contributed by atoms with van der Waals surface area (Å²) >= 11 is 0. The Balaban J connectivity index is 2.18. The normalized spacial score (nSPS) is 12.2. The molecule has 0 aliphatic rings. The van der Waals surface area contributed by atoms with Gasteiger partial charge in [0, 0.05) is 0 Å². The van der Waals surface area contributed by atoms with E-state index >= 15 is 0 Å². The fourth-order valence-corrected chi connectivity index (χ4v) is 2.13. The maximum absolute atomic E-state index is 5.84. The van der Waals surface area contributed by atoms with E-state index in [1.807, 2.05) is 12.1 Å². The Bertz CT molecular complexity index is 520. The Morgan fingerprint density at radius 2 is 2.10 bits per heavy atom. The van der Waals surface area contributed by atoms with Gasteiger partial charge in [0.05, 0.1) is 24.6 Å². The van der Waals surface area contributed by atoms with Crippen LogP contribution in [0, 0.1) is 6.92 Å². The lowest BCUT2D eigenvalue weighted by Crippen LogP contribution is -2.10. The molecule has 3 heteroatoms. The number of rotatable bonds is 7. The molecule has 0 spiro atoms. The number of aryl methyl sites for hydroxylation is 1. The molecule has 0 radical (unpaired) electrons. The molecule has 1 N–H and O–H groups in total. The molecule has 0 aliphatic heterocycles. The highest BCUT2D eigenvalue weighted by molar-refractivity contribution is 5.58. The van der Waals surface area contributed by atoms with Crippen LogP contribution in [0.5, 0.6) is 5.75 Å². The highest BCUT2D eigenvalue weighted by atomic mass is 16.5. The van der Waals surface area contributed by atoms with Crippen molar-refractivity contribution >= 4 is 5.69 Å². The molecule has 1 unspecified atom stereocenters. The maximum Gasteiger partial charge on any atom is 0.142 e. The van der Waals surface area contributed by atoms with Gasteiger partial charge in [-0.1, -0.05) is 19.9 Å². The monoisotopic (exact) mass is 273 g/mol. The minimum Gasteiger partial charge on any atom is -0.491 e. The summed E-state index contributed by atoms with van der Waals surface area (Å²) in [4.78, 5) is 0. The summed E-state index contributed by atoms with van der Waals surface area (Å²) in [5.41, 5.74) is 2.22. The molecule has 3 nitrogen and oxygen atoms in total. The van der Waals surface area contributed by atoms with E-state index < -0.39 is 0 Å². The largest absolute Gasteiger partial charge is 0.491 e. The maximum atomic E-state index is 5.84. The highest BCUT2D eigenvalue weighted by Gasteiger charge is 2.14. The Labute approximate surface area is 121 Å². The van der Waals surface area contributed by atoms with Gasteiger partial charge in [-0.3, -0.25) is 0 Å². The SMILES string of the molecule is CCCOc1cc(C)ccc1NC(CC)c1ccco1. The first kappa shape index (κ1) is 14.5. The van der Waals surface area contributed by atoms with Crippen molar-refractivity contribution in [3.63, 3.8) is 0 Å². The molecule has 0 saturated carbocycles. The lowest BCUT2D eigenvalue weighted by Gasteiger charge is -2.19. The van der Waals surface area contributed by atoms with Gasteiger partial charge in [0.15, 0.2) is 0 Å². The summed E-state index contributed by atoms with van der Waals surface area (Å²) in [7, 11) is 0. The molecule has 0 aliphatic carbocycles. The van der Waals surface area contributed by atoms with Crippen LogP contribution in [0.1, 0.15) is 44.1 Å². The first-order valence-electron chi connectivity index (χ1n) is 7.28. The zero-order valence-electron chi connectivity index (χ0n) is 12.5. The molecule has 1 atom stereocenters. The number of furan rings is 1. The van der Waals surface area contributed by atoms with Gasteiger partial charge >= 0.3 is 0 Å². The molecular weight excluding hydrogens is 250 g/mol. The summed E-state index contributed by atoms with van der Waals surface area (Å²) in [6.45, 7) is 7.06. The van der Waals surface area contributed by atoms with Gasteiger partial charge in [-0.05, 0) is 49.6 Å². The molecule has 1 aromatic heterocycles. The molecule has 0 bridgehead atoms. The van der Waals surface area contributed by atoms with E-state index in [0.29, 0.717) is 0 Å². The second-order valence-corrected chi connectivity index (χ2v) is 4.97. The lowest BCUT2D eigenvalue weighted by molar-refractivity contribution is 0.318. The van der Waals surface area contributed by atoms with Crippen LogP contribution in [-0.4, -0.2) is 6.61 Å². The Morgan fingerprint density at radius 3 is 2.75 bits per heavy atom. The van der Waals surface area contributed by atoms with E-state index in [4.69, 9.17) is 9.15 Å². The molecule has 20 heavy (non-hydrogen) atoms. The van der Waals surface area contributed by atoms with E-state index in [-0.39, 0.29) is 6.04 Å². The van der Waals surface area contributed by atoms with E-state index in [2.05, 4.69) is 44.3 Å². The second-order valence-electron chi connectivity index (χ2n) is 4.97. The highest BCUT2D eigenvalue weighted by Crippen LogP contribution is 2.31. The van der Waals surface area contributed by atoms with Crippen molar-refractivity contribution in [3.8, 4) is 5.75 Å². The van der Waals surface area contributed by atoms with Crippen molar-refractivity contribution in [2.45, 2.75) is 39.7 Å². The predicted octanol–water partition coefficient (Wildman–Crippen LogP) is 4.94. The standard InChI is InChI=1S/C17H23NO2/c1-4-10-19-17-12-13(3)8-9-15(17)18-14(5-2)16-7-6-11-20-16/h6-9,11-12,14,18H,4-5,10H2,1-3H3. The van der Waals surface area contributed by atoms with Crippen molar-refractivity contribution in [2.24, 2.45) is 0 Å². The molecule has 0 fully saturated rings. The number of benzene rings is 1. The Kier molecular flexibility index (Phi) is 5.10. The third kappa shape index (κ3) is 3.56. The Hall–Kier alpha value is -1.90. The number of ether oxygens (including phenoxy) is 1. The first-order chi connectivity index (χ1) is 9.74. The van der Waals surface area contributed by atoms with E-state index in [9.17, 15) is 0 Å². The van der Waals surface area contributed by atoms with Gasteiger partial charge in [-0.25, -0.2) is 0 Å². The second kappa shape index (κ2) is 7.04. The van der Waals surface area contributed by atoms with Crippen molar-refractivity contribution in [1.29, 1.82) is 0 Å². The fraction of sp³-hybridized carbons (Fsp3) is 0.412. The molecule has 1 heterocycles. The van der Waals surface area contributed by atoms with Gasteiger partial charge in [-0.2, -0.15) is 0 Å². The average molecular weight is 273 g/mol. The van der Waals surface area contributed by atoms with E-state index in [0.717, 1.165) is 36.6 Å². The van der Waals surface area contributed by atoms with Crippen molar-refractivity contribution < 1.29 is 9.15 Å². The van der Waals surface area contributed by atoms with Crippen LogP contribution in [0.4, 0.5) is 5.69 Å². The third-order valence-electron chi connectivity index (χ3n) is 3.22. The molecule has 2 rings (SSSR count). The summed E-state index contributed by atoms with van der Waals surface area (Å²) in [6, 6.07) is 10.3. The number of hydrogen-bond acceptors (Lipinski definition) is 3. The topological polar surface area (TPSA) is 34.4 Å². The molecular formula is C17H23NO2. The van der Waals surface area contributed by atoms with Crippen LogP contribution in [0.3, 0.4) is 0 Å². The molecule has 0 saturated heterocycles. The van der Waals surface area contributed by atoms with Crippen LogP contribution in [0.25, 0.3) is 0 Å². The minimum atomic E-state index is 0.164. The van der Waals surface area contributed by atoms with Crippen LogP contribution in [0.2, 0.25) is 0 Å². The van der Waals surface area contributed by atoms with Crippen LogP contribution in [0.15, 0.2) is 41.0 Å². The number of nitrogens with one attached hydrogen (secondary N) is 1. The zero-order valence-corrected chi connectivity index (χ0v) is 12.5.